The van der Waals surface area contributed by atoms with E-state index in [4.69, 9.17) is 0 Å². The highest BCUT2D eigenvalue weighted by Crippen LogP contribution is 2.30. The molecule has 1 aromatic carbocycles. The summed E-state index contributed by atoms with van der Waals surface area (Å²) in [6.45, 7) is 6.53. The molecular weight excluding hydrogens is 338 g/mol. The molecule has 1 aliphatic rings. The van der Waals surface area contributed by atoms with E-state index in [1.165, 1.54) is 18.9 Å². The Morgan fingerprint density at radius 3 is 2.64 bits per heavy atom. The van der Waals surface area contributed by atoms with E-state index < -0.39 is 6.43 Å². The first-order valence-corrected chi connectivity index (χ1v) is 9.62. The third-order valence-corrected chi connectivity index (χ3v) is 5.87. The number of halogens is 2. The van der Waals surface area contributed by atoms with Crippen LogP contribution in [0.3, 0.4) is 0 Å². The van der Waals surface area contributed by atoms with Gasteiger partial charge in [0.05, 0.1) is 0 Å². The van der Waals surface area contributed by atoms with Crippen LogP contribution in [0.1, 0.15) is 44.2 Å². The predicted octanol–water partition coefficient (Wildman–Crippen LogP) is 5.55. The Hall–Kier alpha value is -1.33. The maximum absolute atomic E-state index is 13.1. The number of rotatable bonds is 7. The van der Waals surface area contributed by atoms with Crippen LogP contribution in [-0.2, 0) is 6.42 Å². The largest absolute Gasteiger partial charge is 0.391 e. The molecule has 2 rings (SSSR count). The fraction of sp³-hybridized carbons (Fsp3) is 0.500. The smallest absolute Gasteiger partial charge is 0.264 e. The fourth-order valence-corrected chi connectivity index (χ4v) is 3.86. The number of piperidine rings is 1. The number of hydrogen-bond donors (Lipinski definition) is 1. The lowest BCUT2D eigenvalue weighted by Gasteiger charge is -2.29. The Bertz CT molecular complexity index is 605. The van der Waals surface area contributed by atoms with Crippen LogP contribution in [0.15, 0.2) is 47.0 Å². The molecule has 1 fully saturated rings. The van der Waals surface area contributed by atoms with Gasteiger partial charge in [0.2, 0.25) is 0 Å². The summed E-state index contributed by atoms with van der Waals surface area (Å²) in [5, 5.41) is 3.20. The van der Waals surface area contributed by atoms with Gasteiger partial charge in [0, 0.05) is 36.3 Å². The molecule has 0 radical (unpaired) electrons. The van der Waals surface area contributed by atoms with Crippen LogP contribution in [0.4, 0.5) is 8.78 Å². The standard InChI is InChI=1S/C20H28F2N2S/c1-15-11-13-24(14-12-15)25-19(16(2)23-3)10-6-8-17-7-4-5-9-18(17)20(21)22/h4-7,9-10,15,20,23H,8,11-14H2,1-3H3/b10-6+,19-16+. The number of benzene rings is 1. The summed E-state index contributed by atoms with van der Waals surface area (Å²) in [7, 11) is 1.91. The van der Waals surface area contributed by atoms with Gasteiger partial charge in [0.15, 0.2) is 0 Å². The van der Waals surface area contributed by atoms with Gasteiger partial charge in [-0.1, -0.05) is 37.3 Å². The van der Waals surface area contributed by atoms with Gasteiger partial charge in [-0.25, -0.2) is 13.1 Å². The molecule has 1 heterocycles. The molecule has 1 saturated heterocycles. The Balaban J connectivity index is 2.04. The molecule has 0 spiro atoms. The maximum Gasteiger partial charge on any atom is 0.264 e. The van der Waals surface area contributed by atoms with Crippen molar-refractivity contribution < 1.29 is 8.78 Å². The van der Waals surface area contributed by atoms with E-state index in [9.17, 15) is 8.78 Å². The molecule has 0 bridgehead atoms. The van der Waals surface area contributed by atoms with Crippen LogP contribution in [0, 0.1) is 5.92 Å². The molecule has 1 aromatic rings. The number of nitrogens with one attached hydrogen (secondary N) is 1. The summed E-state index contributed by atoms with van der Waals surface area (Å²) in [4.78, 5) is 1.14. The molecule has 2 nitrogen and oxygen atoms in total. The average molecular weight is 367 g/mol. The van der Waals surface area contributed by atoms with E-state index in [-0.39, 0.29) is 5.56 Å². The minimum Gasteiger partial charge on any atom is -0.391 e. The first-order valence-electron chi connectivity index (χ1n) is 8.85. The maximum atomic E-state index is 13.1. The Morgan fingerprint density at radius 1 is 1.32 bits per heavy atom. The topological polar surface area (TPSA) is 15.3 Å². The van der Waals surface area contributed by atoms with Gasteiger partial charge in [0.25, 0.3) is 6.43 Å². The highest BCUT2D eigenvalue weighted by atomic mass is 32.2. The molecule has 5 heteroatoms. The quantitative estimate of drug-likeness (QED) is 0.503. The van der Waals surface area contributed by atoms with Gasteiger partial charge in [-0.3, -0.25) is 0 Å². The fourth-order valence-electron chi connectivity index (χ4n) is 2.79. The van der Waals surface area contributed by atoms with Crippen LogP contribution in [0.5, 0.6) is 0 Å². The number of hydrogen-bond acceptors (Lipinski definition) is 3. The van der Waals surface area contributed by atoms with Crippen molar-refractivity contribution in [3.8, 4) is 0 Å². The monoisotopic (exact) mass is 366 g/mol. The number of allylic oxidation sites excluding steroid dienone is 3. The molecule has 25 heavy (non-hydrogen) atoms. The molecule has 138 valence electrons. The first-order chi connectivity index (χ1) is 12.0. The Morgan fingerprint density at radius 2 is 2.00 bits per heavy atom. The predicted molar refractivity (Wildman–Crippen MR) is 104 cm³/mol. The van der Waals surface area contributed by atoms with E-state index in [0.29, 0.717) is 12.0 Å². The lowest BCUT2D eigenvalue weighted by atomic mass is 10.0. The van der Waals surface area contributed by atoms with Crippen LogP contribution < -0.4 is 5.32 Å². The van der Waals surface area contributed by atoms with Crippen molar-refractivity contribution in [2.75, 3.05) is 20.1 Å². The third kappa shape index (κ3) is 6.15. The van der Waals surface area contributed by atoms with Crippen molar-refractivity contribution in [2.45, 2.75) is 39.5 Å². The number of alkyl halides is 2. The van der Waals surface area contributed by atoms with Crippen LogP contribution >= 0.6 is 11.9 Å². The number of nitrogens with zero attached hydrogens (tertiary/aromatic N) is 1. The Labute approximate surface area is 154 Å². The van der Waals surface area contributed by atoms with Crippen LogP contribution in [-0.4, -0.2) is 24.4 Å². The van der Waals surface area contributed by atoms with Crippen molar-refractivity contribution in [3.63, 3.8) is 0 Å². The zero-order valence-electron chi connectivity index (χ0n) is 15.3. The second-order valence-corrected chi connectivity index (χ2v) is 7.69. The highest BCUT2D eigenvalue weighted by molar-refractivity contribution is 8.01. The van der Waals surface area contributed by atoms with E-state index in [1.807, 2.05) is 26.1 Å². The summed E-state index contributed by atoms with van der Waals surface area (Å²) in [5.41, 5.74) is 1.91. The molecule has 0 saturated carbocycles. The lowest BCUT2D eigenvalue weighted by Crippen LogP contribution is -2.27. The minimum absolute atomic E-state index is 0.126. The molecule has 0 aliphatic carbocycles. The SMILES string of the molecule is CN/C(C)=C(\C=C\Cc1ccccc1C(F)F)SN1CCC(C)CC1. The molecule has 0 unspecified atom stereocenters. The van der Waals surface area contributed by atoms with Gasteiger partial charge in [-0.15, -0.1) is 0 Å². The van der Waals surface area contributed by atoms with Crippen LogP contribution in [0.25, 0.3) is 0 Å². The highest BCUT2D eigenvalue weighted by Gasteiger charge is 2.17. The first kappa shape index (κ1) is 20.0. The van der Waals surface area contributed by atoms with Gasteiger partial charge in [0.1, 0.15) is 0 Å². The van der Waals surface area contributed by atoms with Crippen molar-refractivity contribution >= 4 is 11.9 Å². The third-order valence-electron chi connectivity index (χ3n) is 4.61. The van der Waals surface area contributed by atoms with E-state index in [0.717, 1.165) is 29.6 Å². The van der Waals surface area contributed by atoms with E-state index >= 15 is 0 Å². The summed E-state index contributed by atoms with van der Waals surface area (Å²) in [6.07, 6.45) is 4.57. The van der Waals surface area contributed by atoms with Gasteiger partial charge >= 0.3 is 0 Å². The average Bonchev–Trinajstić information content (AvgIpc) is 2.62. The van der Waals surface area contributed by atoms with Crippen LogP contribution in [0.2, 0.25) is 0 Å². The van der Waals surface area contributed by atoms with Gasteiger partial charge < -0.3 is 5.32 Å². The summed E-state index contributed by atoms with van der Waals surface area (Å²) in [5.74, 6) is 0.802. The second kappa shape index (κ2) is 9.97. The van der Waals surface area contributed by atoms with Crippen molar-refractivity contribution in [1.29, 1.82) is 0 Å². The Kier molecular flexibility index (Phi) is 7.97. The van der Waals surface area contributed by atoms with Gasteiger partial charge in [-0.2, -0.15) is 0 Å². The molecule has 1 aliphatic heterocycles. The molecule has 1 N–H and O–H groups in total. The zero-order valence-corrected chi connectivity index (χ0v) is 16.1. The van der Waals surface area contributed by atoms with Crippen molar-refractivity contribution in [1.82, 2.24) is 9.62 Å². The summed E-state index contributed by atoms with van der Waals surface area (Å²) < 4.78 is 28.6. The minimum atomic E-state index is -2.43. The molecule has 0 atom stereocenters. The molecule has 0 aromatic heterocycles. The second-order valence-electron chi connectivity index (χ2n) is 6.55. The van der Waals surface area contributed by atoms with E-state index in [2.05, 4.69) is 22.6 Å². The summed E-state index contributed by atoms with van der Waals surface area (Å²) in [6, 6.07) is 6.76. The molecular formula is C20H28F2N2S. The summed E-state index contributed by atoms with van der Waals surface area (Å²) >= 11 is 1.76. The van der Waals surface area contributed by atoms with E-state index in [1.54, 1.807) is 24.1 Å². The van der Waals surface area contributed by atoms with Gasteiger partial charge in [-0.05, 0) is 55.7 Å². The molecule has 0 amide bonds. The normalized spacial score (nSPS) is 18.0. The lowest BCUT2D eigenvalue weighted by molar-refractivity contribution is 0.150. The van der Waals surface area contributed by atoms with Crippen molar-refractivity contribution in [2.24, 2.45) is 5.92 Å². The zero-order chi connectivity index (χ0) is 18.2. The van der Waals surface area contributed by atoms with Crippen molar-refractivity contribution in [3.05, 3.63) is 58.1 Å².